The molecule has 5 nitrogen and oxygen atoms in total. The zero-order valence-electron chi connectivity index (χ0n) is 19.0. The van der Waals surface area contributed by atoms with Crippen molar-refractivity contribution in [2.24, 2.45) is 4.99 Å². The van der Waals surface area contributed by atoms with E-state index in [2.05, 4.69) is 31.1 Å². The molecule has 0 aliphatic carbocycles. The Balaban J connectivity index is 1.75. The number of benzene rings is 2. The second kappa shape index (κ2) is 7.71. The van der Waals surface area contributed by atoms with Gasteiger partial charge in [0.05, 0.1) is 0 Å². The van der Waals surface area contributed by atoms with Crippen molar-refractivity contribution in [2.45, 2.75) is 59.5 Å². The van der Waals surface area contributed by atoms with Crippen molar-refractivity contribution in [1.82, 2.24) is 4.90 Å². The van der Waals surface area contributed by atoms with Gasteiger partial charge in [-0.1, -0.05) is 51.1 Å². The molecule has 0 atom stereocenters. The van der Waals surface area contributed by atoms with Crippen LogP contribution in [0.3, 0.4) is 0 Å². The van der Waals surface area contributed by atoms with Crippen LogP contribution in [0, 0.1) is 13.8 Å². The van der Waals surface area contributed by atoms with Crippen molar-refractivity contribution < 1.29 is 9.59 Å². The van der Waals surface area contributed by atoms with Crippen molar-refractivity contribution in [3.8, 4) is 0 Å². The van der Waals surface area contributed by atoms with E-state index in [9.17, 15) is 9.59 Å². The molecule has 0 saturated carbocycles. The summed E-state index contributed by atoms with van der Waals surface area (Å²) in [4.78, 5) is 31.9. The first kappa shape index (κ1) is 21.8. The van der Waals surface area contributed by atoms with Gasteiger partial charge in [-0.3, -0.25) is 14.6 Å². The molecular weight excluding hydrogens is 374 g/mol. The SMILES string of the molecule is Cc1ccc(NC(=O)CN2C(=O)C(c3ccc(C(C)(C)C)cc3)=NC2(C)C)cc1C. The first-order valence-electron chi connectivity index (χ1n) is 10.3. The summed E-state index contributed by atoms with van der Waals surface area (Å²) in [7, 11) is 0. The smallest absolute Gasteiger partial charge is 0.275 e. The maximum atomic E-state index is 13.1. The van der Waals surface area contributed by atoms with Crippen LogP contribution in [0.5, 0.6) is 0 Å². The number of nitrogens with one attached hydrogen (secondary N) is 1. The number of nitrogens with zero attached hydrogens (tertiary/aromatic N) is 2. The molecule has 30 heavy (non-hydrogen) atoms. The molecule has 1 heterocycles. The first-order valence-corrected chi connectivity index (χ1v) is 10.3. The Morgan fingerprint density at radius 2 is 1.67 bits per heavy atom. The molecule has 2 aromatic rings. The van der Waals surface area contributed by atoms with Gasteiger partial charge in [-0.2, -0.15) is 0 Å². The molecule has 0 bridgehead atoms. The van der Waals surface area contributed by atoms with Gasteiger partial charge in [0.15, 0.2) is 0 Å². The molecule has 0 unspecified atom stereocenters. The Bertz CT molecular complexity index is 1010. The van der Waals surface area contributed by atoms with Gasteiger partial charge in [0.2, 0.25) is 5.91 Å². The maximum absolute atomic E-state index is 13.1. The van der Waals surface area contributed by atoms with E-state index >= 15 is 0 Å². The van der Waals surface area contributed by atoms with Gasteiger partial charge in [-0.15, -0.1) is 0 Å². The molecule has 1 N–H and O–H groups in total. The van der Waals surface area contributed by atoms with Gasteiger partial charge in [-0.05, 0) is 61.9 Å². The van der Waals surface area contributed by atoms with Gasteiger partial charge in [-0.25, -0.2) is 0 Å². The number of rotatable bonds is 4. The van der Waals surface area contributed by atoms with Crippen LogP contribution in [0.4, 0.5) is 5.69 Å². The Hall–Kier alpha value is -2.95. The predicted molar refractivity (Wildman–Crippen MR) is 122 cm³/mol. The molecule has 3 rings (SSSR count). The normalized spacial score (nSPS) is 15.9. The largest absolute Gasteiger partial charge is 0.325 e. The summed E-state index contributed by atoms with van der Waals surface area (Å²) in [5.41, 5.74) is 4.63. The Labute approximate surface area is 179 Å². The summed E-state index contributed by atoms with van der Waals surface area (Å²) < 4.78 is 0. The summed E-state index contributed by atoms with van der Waals surface area (Å²) in [6.07, 6.45) is 0. The van der Waals surface area contributed by atoms with Crippen molar-refractivity contribution in [1.29, 1.82) is 0 Å². The van der Waals surface area contributed by atoms with Crippen LogP contribution in [0.2, 0.25) is 0 Å². The molecule has 5 heteroatoms. The van der Waals surface area contributed by atoms with E-state index in [4.69, 9.17) is 0 Å². The third-order valence-electron chi connectivity index (χ3n) is 5.61. The second-order valence-electron chi connectivity index (χ2n) is 9.52. The Morgan fingerprint density at radius 3 is 2.23 bits per heavy atom. The lowest BCUT2D eigenvalue weighted by Crippen LogP contribution is -2.46. The van der Waals surface area contributed by atoms with Gasteiger partial charge in [0.1, 0.15) is 17.9 Å². The highest BCUT2D eigenvalue weighted by Gasteiger charge is 2.41. The average molecular weight is 406 g/mol. The maximum Gasteiger partial charge on any atom is 0.275 e. The topological polar surface area (TPSA) is 61.8 Å². The van der Waals surface area contributed by atoms with E-state index in [1.165, 1.54) is 16.0 Å². The minimum Gasteiger partial charge on any atom is -0.325 e. The zero-order valence-corrected chi connectivity index (χ0v) is 19.0. The van der Waals surface area contributed by atoms with Gasteiger partial charge in [0, 0.05) is 11.3 Å². The van der Waals surface area contributed by atoms with Crippen molar-refractivity contribution in [3.63, 3.8) is 0 Å². The van der Waals surface area contributed by atoms with E-state index < -0.39 is 5.66 Å². The average Bonchev–Trinajstić information content (AvgIpc) is 2.87. The number of hydrogen-bond donors (Lipinski definition) is 1. The molecule has 1 aliphatic heterocycles. The molecule has 2 aromatic carbocycles. The quantitative estimate of drug-likeness (QED) is 0.808. The van der Waals surface area contributed by atoms with Gasteiger partial charge < -0.3 is 10.2 Å². The number of carbonyl (C=O) groups is 2. The van der Waals surface area contributed by atoms with Crippen molar-refractivity contribution >= 4 is 23.2 Å². The number of aliphatic imine (C=N–C) groups is 1. The monoisotopic (exact) mass is 405 g/mol. The third-order valence-corrected chi connectivity index (χ3v) is 5.61. The third kappa shape index (κ3) is 4.45. The van der Waals surface area contributed by atoms with Crippen LogP contribution < -0.4 is 5.32 Å². The number of anilines is 1. The lowest BCUT2D eigenvalue weighted by Gasteiger charge is -2.28. The van der Waals surface area contributed by atoms with E-state index in [1.54, 1.807) is 0 Å². The lowest BCUT2D eigenvalue weighted by molar-refractivity contribution is -0.131. The predicted octanol–water partition coefficient (Wildman–Crippen LogP) is 4.61. The molecule has 1 aliphatic rings. The van der Waals surface area contributed by atoms with Crippen LogP contribution in [-0.2, 0) is 15.0 Å². The Morgan fingerprint density at radius 1 is 1.03 bits per heavy atom. The van der Waals surface area contributed by atoms with Crippen LogP contribution in [-0.4, -0.2) is 34.6 Å². The van der Waals surface area contributed by atoms with Gasteiger partial charge in [0.25, 0.3) is 5.91 Å². The van der Waals surface area contributed by atoms with Crippen LogP contribution in [0.1, 0.15) is 56.9 Å². The summed E-state index contributed by atoms with van der Waals surface area (Å²) >= 11 is 0. The highest BCUT2D eigenvalue weighted by Crippen LogP contribution is 2.28. The van der Waals surface area contributed by atoms with E-state index in [1.807, 2.05) is 70.2 Å². The highest BCUT2D eigenvalue weighted by molar-refractivity contribution is 6.47. The number of aryl methyl sites for hydroxylation is 2. The number of hydrogen-bond acceptors (Lipinski definition) is 3. The van der Waals surface area contributed by atoms with Crippen molar-refractivity contribution in [2.75, 3.05) is 11.9 Å². The Kier molecular flexibility index (Phi) is 5.59. The molecule has 158 valence electrons. The van der Waals surface area contributed by atoms with E-state index in [0.29, 0.717) is 5.71 Å². The summed E-state index contributed by atoms with van der Waals surface area (Å²) in [6.45, 7) is 14.1. The summed E-state index contributed by atoms with van der Waals surface area (Å²) in [5, 5.41) is 2.89. The fourth-order valence-electron chi connectivity index (χ4n) is 3.50. The molecule has 0 fully saturated rings. The fourth-order valence-corrected chi connectivity index (χ4v) is 3.50. The van der Waals surface area contributed by atoms with Crippen LogP contribution in [0.15, 0.2) is 47.5 Å². The summed E-state index contributed by atoms with van der Waals surface area (Å²) in [5.74, 6) is -0.460. The molecule has 0 saturated heterocycles. The molecule has 0 radical (unpaired) electrons. The van der Waals surface area contributed by atoms with E-state index in [0.717, 1.165) is 16.8 Å². The van der Waals surface area contributed by atoms with Crippen molar-refractivity contribution in [3.05, 3.63) is 64.7 Å². The molecular formula is C25H31N3O2. The minimum absolute atomic E-state index is 0.0394. The van der Waals surface area contributed by atoms with Gasteiger partial charge >= 0.3 is 0 Å². The fraction of sp³-hybridized carbons (Fsp3) is 0.400. The number of amides is 2. The molecule has 2 amide bonds. The zero-order chi connectivity index (χ0) is 22.3. The minimum atomic E-state index is -0.782. The highest BCUT2D eigenvalue weighted by atomic mass is 16.2. The second-order valence-corrected chi connectivity index (χ2v) is 9.52. The standard InChI is InChI=1S/C25H31N3O2/c1-16-8-13-20(14-17(16)2)26-21(29)15-28-23(30)22(27-25(28,6)7)18-9-11-19(12-10-18)24(3,4)5/h8-14H,15H2,1-7H3,(H,26,29). The first-order chi connectivity index (χ1) is 13.9. The summed E-state index contributed by atoms with van der Waals surface area (Å²) in [6, 6.07) is 13.7. The van der Waals surface area contributed by atoms with E-state index in [-0.39, 0.29) is 23.8 Å². The molecule has 0 aromatic heterocycles. The molecule has 0 spiro atoms. The number of carbonyl (C=O) groups excluding carboxylic acids is 2. The van der Waals surface area contributed by atoms with Crippen LogP contribution >= 0.6 is 0 Å². The van der Waals surface area contributed by atoms with Crippen LogP contribution in [0.25, 0.3) is 0 Å². The lowest BCUT2D eigenvalue weighted by atomic mass is 9.86.